The molecule has 0 saturated heterocycles. The van der Waals surface area contributed by atoms with Gasteiger partial charge in [-0.2, -0.15) is 0 Å². The first kappa shape index (κ1) is 11.3. The lowest BCUT2D eigenvalue weighted by Gasteiger charge is -2.11. The lowest BCUT2D eigenvalue weighted by atomic mass is 10.1. The lowest BCUT2D eigenvalue weighted by Crippen LogP contribution is -2.20. The van der Waals surface area contributed by atoms with Gasteiger partial charge in [-0.05, 0) is 12.1 Å². The van der Waals surface area contributed by atoms with Crippen molar-refractivity contribution in [1.82, 2.24) is 0 Å². The summed E-state index contributed by atoms with van der Waals surface area (Å²) in [7, 11) is 0. The Morgan fingerprint density at radius 2 is 2.07 bits per heavy atom. The number of alkyl halides is 2. The van der Waals surface area contributed by atoms with Crippen LogP contribution in [0, 0.1) is 10.1 Å². The zero-order chi connectivity index (χ0) is 11.6. The van der Waals surface area contributed by atoms with Crippen LogP contribution in [-0.2, 0) is 0 Å². The smallest absolute Gasteiger partial charge is 0.274 e. The summed E-state index contributed by atoms with van der Waals surface area (Å²) in [5.41, 5.74) is 4.17. The molecule has 0 unspecified atom stereocenters. The highest BCUT2D eigenvalue weighted by Crippen LogP contribution is 2.30. The second-order valence-corrected chi connectivity index (χ2v) is 2.86. The molecule has 7 heteroatoms. The van der Waals surface area contributed by atoms with Crippen molar-refractivity contribution >= 4 is 5.69 Å². The Kier molecular flexibility index (Phi) is 3.15. The Hall–Kier alpha value is -1.76. The average Bonchev–Trinajstić information content (AvgIpc) is 2.15. The summed E-state index contributed by atoms with van der Waals surface area (Å²) in [5.74, 6) is -0.341. The van der Waals surface area contributed by atoms with E-state index in [9.17, 15) is 18.9 Å². The van der Waals surface area contributed by atoms with Crippen LogP contribution in [0.5, 0.6) is 5.75 Å². The van der Waals surface area contributed by atoms with E-state index >= 15 is 0 Å². The molecule has 5 nitrogen and oxygen atoms in total. The van der Waals surface area contributed by atoms with Crippen LogP contribution < -0.4 is 5.73 Å². The molecular formula is C8H8F2N2O3. The molecule has 0 saturated carbocycles. The van der Waals surface area contributed by atoms with Crippen molar-refractivity contribution in [1.29, 1.82) is 0 Å². The molecular weight excluding hydrogens is 210 g/mol. The summed E-state index contributed by atoms with van der Waals surface area (Å²) < 4.78 is 24.5. The number of nitrogens with two attached hydrogens (primary N) is 1. The van der Waals surface area contributed by atoms with Gasteiger partial charge < -0.3 is 10.8 Å². The van der Waals surface area contributed by atoms with Crippen LogP contribution in [0.2, 0.25) is 0 Å². The fourth-order valence-electron chi connectivity index (χ4n) is 1.11. The normalized spacial score (nSPS) is 12.8. The van der Waals surface area contributed by atoms with Crippen molar-refractivity contribution in [2.75, 3.05) is 0 Å². The van der Waals surface area contributed by atoms with Crippen LogP contribution in [0.15, 0.2) is 18.2 Å². The number of hydrogen-bond donors (Lipinski definition) is 2. The molecule has 0 radical (unpaired) electrons. The highest BCUT2D eigenvalue weighted by atomic mass is 19.3. The minimum atomic E-state index is -2.93. The number of benzene rings is 1. The first-order chi connectivity index (χ1) is 6.93. The van der Waals surface area contributed by atoms with Gasteiger partial charge in [0.05, 0.1) is 16.5 Å². The Morgan fingerprint density at radius 3 is 2.53 bits per heavy atom. The van der Waals surface area contributed by atoms with Crippen LogP contribution in [-0.4, -0.2) is 16.5 Å². The van der Waals surface area contributed by atoms with Crippen molar-refractivity contribution in [3.63, 3.8) is 0 Å². The van der Waals surface area contributed by atoms with Gasteiger partial charge >= 0.3 is 0 Å². The Labute approximate surface area is 83.3 Å². The number of hydrogen-bond acceptors (Lipinski definition) is 4. The van der Waals surface area contributed by atoms with E-state index in [1.807, 2.05) is 0 Å². The van der Waals surface area contributed by atoms with Crippen molar-refractivity contribution in [2.24, 2.45) is 5.73 Å². The topological polar surface area (TPSA) is 89.4 Å². The van der Waals surface area contributed by atoms with Crippen molar-refractivity contribution in [3.05, 3.63) is 33.9 Å². The molecule has 0 aliphatic heterocycles. The maximum Gasteiger partial charge on any atom is 0.274 e. The zero-order valence-electron chi connectivity index (χ0n) is 7.43. The number of nitro benzene ring substituents is 1. The molecule has 0 aliphatic carbocycles. The van der Waals surface area contributed by atoms with Gasteiger partial charge in [0.2, 0.25) is 0 Å². The first-order valence-corrected chi connectivity index (χ1v) is 3.94. The Balaban J connectivity index is 3.24. The molecule has 1 aromatic carbocycles. The molecule has 0 aromatic heterocycles. The Morgan fingerprint density at radius 1 is 1.47 bits per heavy atom. The molecule has 1 aromatic rings. The van der Waals surface area contributed by atoms with E-state index in [0.717, 1.165) is 18.2 Å². The number of phenolic OH excluding ortho intramolecular Hbond substituents is 1. The number of aromatic hydroxyl groups is 1. The molecule has 15 heavy (non-hydrogen) atoms. The number of rotatable bonds is 3. The summed E-state index contributed by atoms with van der Waals surface area (Å²) in [5, 5.41) is 19.5. The molecule has 3 N–H and O–H groups in total. The monoisotopic (exact) mass is 218 g/mol. The highest BCUT2D eigenvalue weighted by molar-refractivity contribution is 5.46. The molecule has 0 fully saturated rings. The van der Waals surface area contributed by atoms with E-state index in [-0.39, 0.29) is 11.3 Å². The maximum atomic E-state index is 12.3. The van der Waals surface area contributed by atoms with Crippen molar-refractivity contribution in [2.45, 2.75) is 12.5 Å². The summed E-state index contributed by atoms with van der Waals surface area (Å²) in [4.78, 5) is 9.66. The third kappa shape index (κ3) is 2.38. The third-order valence-corrected chi connectivity index (χ3v) is 1.84. The largest absolute Gasteiger partial charge is 0.508 e. The second-order valence-electron chi connectivity index (χ2n) is 2.86. The van der Waals surface area contributed by atoms with E-state index in [2.05, 4.69) is 0 Å². The maximum absolute atomic E-state index is 12.3. The molecule has 82 valence electrons. The van der Waals surface area contributed by atoms with Crippen LogP contribution in [0.25, 0.3) is 0 Å². The summed E-state index contributed by atoms with van der Waals surface area (Å²) in [6, 6.07) is 1.07. The Bertz CT molecular complexity index is 384. The van der Waals surface area contributed by atoms with E-state index in [4.69, 9.17) is 10.8 Å². The van der Waals surface area contributed by atoms with Crippen LogP contribution in [0.4, 0.5) is 14.5 Å². The minimum absolute atomic E-state index is 0.341. The second kappa shape index (κ2) is 4.18. The minimum Gasteiger partial charge on any atom is -0.508 e. The van der Waals surface area contributed by atoms with Crippen LogP contribution >= 0.6 is 0 Å². The number of nitrogens with zero attached hydrogens (tertiary/aromatic N) is 1. The summed E-state index contributed by atoms with van der Waals surface area (Å²) >= 11 is 0. The molecule has 1 atom stereocenters. The quantitative estimate of drug-likeness (QED) is 0.595. The van der Waals surface area contributed by atoms with Crippen molar-refractivity contribution < 1.29 is 18.8 Å². The number of nitro groups is 1. The van der Waals surface area contributed by atoms with E-state index < -0.39 is 23.1 Å². The van der Waals surface area contributed by atoms with Gasteiger partial charge in [-0.3, -0.25) is 10.1 Å². The number of phenols is 1. The molecule has 0 heterocycles. The standard InChI is InChI=1S/C8H8F2N2O3/c9-8(10)7(11)5-3-4(13)1-2-6(5)12(14)15/h1-3,7-8,13H,11H2/t7-/m0/s1. The molecule has 0 amide bonds. The number of halogens is 2. The average molecular weight is 218 g/mol. The van der Waals surface area contributed by atoms with Gasteiger partial charge in [0.1, 0.15) is 5.75 Å². The summed E-state index contributed by atoms with van der Waals surface area (Å²) in [6.07, 6.45) is -2.93. The highest BCUT2D eigenvalue weighted by Gasteiger charge is 2.26. The molecule has 0 aliphatic rings. The molecule has 0 bridgehead atoms. The van der Waals surface area contributed by atoms with Crippen LogP contribution in [0.1, 0.15) is 11.6 Å². The van der Waals surface area contributed by atoms with E-state index in [1.165, 1.54) is 0 Å². The van der Waals surface area contributed by atoms with Gasteiger partial charge in [0, 0.05) is 6.07 Å². The summed E-state index contributed by atoms with van der Waals surface area (Å²) in [6.45, 7) is 0. The van der Waals surface area contributed by atoms with Gasteiger partial charge in [-0.25, -0.2) is 8.78 Å². The SMILES string of the molecule is N[C@@H](c1cc(O)ccc1[N+](=O)[O-])C(F)F. The zero-order valence-corrected chi connectivity index (χ0v) is 7.43. The van der Waals surface area contributed by atoms with Gasteiger partial charge in [0.25, 0.3) is 12.1 Å². The van der Waals surface area contributed by atoms with Gasteiger partial charge in [-0.15, -0.1) is 0 Å². The van der Waals surface area contributed by atoms with Crippen LogP contribution in [0.3, 0.4) is 0 Å². The predicted octanol–water partition coefficient (Wildman–Crippen LogP) is 1.57. The fourth-order valence-corrected chi connectivity index (χ4v) is 1.11. The lowest BCUT2D eigenvalue weighted by molar-refractivity contribution is -0.385. The van der Waals surface area contributed by atoms with Gasteiger partial charge in [-0.1, -0.05) is 0 Å². The molecule has 1 rings (SSSR count). The van der Waals surface area contributed by atoms with E-state index in [0.29, 0.717) is 0 Å². The van der Waals surface area contributed by atoms with Crippen molar-refractivity contribution in [3.8, 4) is 5.75 Å². The first-order valence-electron chi connectivity index (χ1n) is 3.94. The molecule has 0 spiro atoms. The predicted molar refractivity (Wildman–Crippen MR) is 47.7 cm³/mol. The van der Waals surface area contributed by atoms with Gasteiger partial charge in [0.15, 0.2) is 0 Å². The van der Waals surface area contributed by atoms with E-state index in [1.54, 1.807) is 0 Å². The third-order valence-electron chi connectivity index (χ3n) is 1.84. The fraction of sp³-hybridized carbons (Fsp3) is 0.250.